The van der Waals surface area contributed by atoms with E-state index in [2.05, 4.69) is 10.1 Å². The van der Waals surface area contributed by atoms with Gasteiger partial charge < -0.3 is 19.9 Å². The summed E-state index contributed by atoms with van der Waals surface area (Å²) in [4.78, 5) is 32.0. The Balaban J connectivity index is 1.69. The predicted octanol–water partition coefficient (Wildman–Crippen LogP) is 2.14. The summed E-state index contributed by atoms with van der Waals surface area (Å²) in [6.45, 7) is 4.21. The Labute approximate surface area is 168 Å². The topological polar surface area (TPSA) is 114 Å². The number of ether oxygens (including phenoxy) is 1. The molecular formula is C20H23N5O4. The molecule has 152 valence electrons. The summed E-state index contributed by atoms with van der Waals surface area (Å²) in [7, 11) is 1.59. The molecule has 1 fully saturated rings. The number of urea groups is 1. The lowest BCUT2D eigenvalue weighted by Gasteiger charge is -2.17. The van der Waals surface area contributed by atoms with E-state index in [1.165, 1.54) is 17.3 Å². The second-order valence-corrected chi connectivity index (χ2v) is 6.58. The number of allylic oxidation sites excluding steroid dienone is 1. The number of aryl methyl sites for hydroxylation is 2. The van der Waals surface area contributed by atoms with E-state index in [1.54, 1.807) is 14.0 Å². The lowest BCUT2D eigenvalue weighted by atomic mass is 10.2. The number of imide groups is 1. The highest BCUT2D eigenvalue weighted by atomic mass is 16.5. The summed E-state index contributed by atoms with van der Waals surface area (Å²) in [5.41, 5.74) is 8.38. The van der Waals surface area contributed by atoms with Crippen molar-refractivity contribution in [1.82, 2.24) is 15.0 Å². The van der Waals surface area contributed by atoms with Gasteiger partial charge >= 0.3 is 6.03 Å². The number of rotatable bonds is 7. The zero-order valence-electron chi connectivity index (χ0n) is 16.6. The zero-order chi connectivity index (χ0) is 21.0. The fourth-order valence-electron chi connectivity index (χ4n) is 3.01. The summed E-state index contributed by atoms with van der Waals surface area (Å²) < 4.78 is 10.2. The number of aliphatic imine (C=N–C) groups is 1. The van der Waals surface area contributed by atoms with Crippen LogP contribution in [0.4, 0.5) is 4.79 Å². The van der Waals surface area contributed by atoms with Gasteiger partial charge in [-0.3, -0.25) is 9.79 Å². The van der Waals surface area contributed by atoms with E-state index in [4.69, 9.17) is 15.0 Å². The number of carbonyl (C=O) groups excluding carboxylic acids is 2. The van der Waals surface area contributed by atoms with Crippen molar-refractivity contribution in [2.24, 2.45) is 10.7 Å². The van der Waals surface area contributed by atoms with Crippen LogP contribution in [0.25, 0.3) is 0 Å². The summed E-state index contributed by atoms with van der Waals surface area (Å²) in [6.07, 6.45) is 2.61. The lowest BCUT2D eigenvalue weighted by molar-refractivity contribution is -0.123. The molecule has 1 aliphatic heterocycles. The molecule has 0 atom stereocenters. The molecule has 2 N–H and O–H groups in total. The van der Waals surface area contributed by atoms with Crippen LogP contribution in [0.15, 0.2) is 45.7 Å². The van der Waals surface area contributed by atoms with E-state index < -0.39 is 6.03 Å². The molecule has 1 aromatic carbocycles. The van der Waals surface area contributed by atoms with Gasteiger partial charge in [-0.2, -0.15) is 0 Å². The summed E-state index contributed by atoms with van der Waals surface area (Å²) in [6, 6.07) is 6.88. The first-order valence-electron chi connectivity index (χ1n) is 9.02. The minimum Gasteiger partial charge on any atom is -0.497 e. The van der Waals surface area contributed by atoms with E-state index in [9.17, 15) is 9.59 Å². The van der Waals surface area contributed by atoms with Crippen molar-refractivity contribution < 1.29 is 18.8 Å². The predicted molar refractivity (Wildman–Crippen MR) is 106 cm³/mol. The first-order chi connectivity index (χ1) is 13.9. The van der Waals surface area contributed by atoms with Gasteiger partial charge in [-0.1, -0.05) is 17.3 Å². The smallest absolute Gasteiger partial charge is 0.332 e. The third-order valence-electron chi connectivity index (χ3n) is 4.65. The fourth-order valence-corrected chi connectivity index (χ4v) is 3.01. The Hall–Kier alpha value is -3.62. The van der Waals surface area contributed by atoms with Crippen molar-refractivity contribution >= 4 is 18.2 Å². The quantitative estimate of drug-likeness (QED) is 0.565. The average Bonchev–Trinajstić information content (AvgIpc) is 3.18. The van der Waals surface area contributed by atoms with Crippen LogP contribution in [0.5, 0.6) is 5.75 Å². The van der Waals surface area contributed by atoms with Gasteiger partial charge in [-0.25, -0.2) is 9.69 Å². The minimum atomic E-state index is -0.439. The van der Waals surface area contributed by atoms with Crippen molar-refractivity contribution in [3.05, 3.63) is 58.7 Å². The molecule has 0 saturated carbocycles. The van der Waals surface area contributed by atoms with E-state index in [0.717, 1.165) is 27.5 Å². The molecule has 1 saturated heterocycles. The monoisotopic (exact) mass is 397 g/mol. The third kappa shape index (κ3) is 4.29. The molecule has 9 heteroatoms. The molecule has 2 aromatic rings. The second kappa shape index (κ2) is 8.59. The molecule has 1 aromatic heterocycles. The molecule has 3 amide bonds. The SMILES string of the molecule is COc1ccc(CN2CC(=O)N(C(C=NCc3c(C)noc3C)=CN)C2=O)cc1. The van der Waals surface area contributed by atoms with Crippen molar-refractivity contribution in [2.45, 2.75) is 26.9 Å². The van der Waals surface area contributed by atoms with Gasteiger partial charge in [-0.15, -0.1) is 0 Å². The van der Waals surface area contributed by atoms with Crippen molar-refractivity contribution in [3.8, 4) is 5.75 Å². The van der Waals surface area contributed by atoms with Gasteiger partial charge in [0.1, 0.15) is 18.1 Å². The standard InChI is InChI=1S/C20H23N5O4/c1-13-18(14(2)29-23-13)10-22-9-16(8-21)25-19(26)12-24(20(25)27)11-15-4-6-17(28-3)7-5-15/h4-9H,10-12,21H2,1-3H3. The Kier molecular flexibility index (Phi) is 5.96. The van der Waals surface area contributed by atoms with Crippen LogP contribution in [0.3, 0.4) is 0 Å². The van der Waals surface area contributed by atoms with Gasteiger partial charge in [0.25, 0.3) is 5.91 Å². The Bertz CT molecular complexity index is 942. The second-order valence-electron chi connectivity index (χ2n) is 6.58. The molecule has 2 heterocycles. The zero-order valence-corrected chi connectivity index (χ0v) is 16.6. The highest BCUT2D eigenvalue weighted by Crippen LogP contribution is 2.20. The van der Waals surface area contributed by atoms with Crippen LogP contribution in [-0.2, 0) is 17.9 Å². The van der Waals surface area contributed by atoms with E-state index >= 15 is 0 Å². The normalized spacial score (nSPS) is 15.1. The van der Waals surface area contributed by atoms with Crippen LogP contribution in [-0.4, -0.2) is 46.8 Å². The van der Waals surface area contributed by atoms with Crippen molar-refractivity contribution in [3.63, 3.8) is 0 Å². The van der Waals surface area contributed by atoms with Crippen LogP contribution >= 0.6 is 0 Å². The van der Waals surface area contributed by atoms with Gasteiger partial charge in [0.05, 0.1) is 25.0 Å². The number of hydrogen-bond acceptors (Lipinski definition) is 7. The van der Waals surface area contributed by atoms with Crippen LogP contribution < -0.4 is 10.5 Å². The first kappa shape index (κ1) is 20.1. The van der Waals surface area contributed by atoms with Crippen LogP contribution in [0, 0.1) is 13.8 Å². The molecule has 3 rings (SSSR count). The number of carbonyl (C=O) groups is 2. The third-order valence-corrected chi connectivity index (χ3v) is 4.65. The molecule has 0 aliphatic carbocycles. The summed E-state index contributed by atoms with van der Waals surface area (Å²) in [5.74, 6) is 1.04. The molecular weight excluding hydrogens is 374 g/mol. The van der Waals surface area contributed by atoms with E-state index in [0.29, 0.717) is 18.8 Å². The molecule has 0 radical (unpaired) electrons. The fraction of sp³-hybridized carbons (Fsp3) is 0.300. The van der Waals surface area contributed by atoms with Crippen LogP contribution in [0.1, 0.15) is 22.6 Å². The van der Waals surface area contributed by atoms with Crippen LogP contribution in [0.2, 0.25) is 0 Å². The first-order valence-corrected chi connectivity index (χ1v) is 9.02. The number of nitrogens with two attached hydrogens (primary N) is 1. The summed E-state index contributed by atoms with van der Waals surface area (Å²) in [5, 5.41) is 3.87. The van der Waals surface area contributed by atoms with Gasteiger partial charge in [0.15, 0.2) is 0 Å². The van der Waals surface area contributed by atoms with E-state index in [-0.39, 0.29) is 18.1 Å². The Morgan fingerprint density at radius 3 is 2.62 bits per heavy atom. The van der Waals surface area contributed by atoms with E-state index in [1.807, 2.05) is 31.2 Å². The molecule has 29 heavy (non-hydrogen) atoms. The van der Waals surface area contributed by atoms with Gasteiger partial charge in [-0.05, 0) is 31.5 Å². The lowest BCUT2D eigenvalue weighted by Crippen LogP contribution is -2.33. The maximum atomic E-state index is 12.8. The largest absolute Gasteiger partial charge is 0.497 e. The average molecular weight is 397 g/mol. The van der Waals surface area contributed by atoms with Gasteiger partial charge in [0.2, 0.25) is 0 Å². The molecule has 0 spiro atoms. The molecule has 9 nitrogen and oxygen atoms in total. The molecule has 0 bridgehead atoms. The maximum absolute atomic E-state index is 12.8. The van der Waals surface area contributed by atoms with Crippen molar-refractivity contribution in [1.29, 1.82) is 0 Å². The molecule has 1 aliphatic rings. The Morgan fingerprint density at radius 2 is 2.03 bits per heavy atom. The number of aromatic nitrogens is 1. The number of amides is 3. The Morgan fingerprint density at radius 1 is 1.31 bits per heavy atom. The molecule has 0 unspecified atom stereocenters. The highest BCUT2D eigenvalue weighted by Gasteiger charge is 2.37. The van der Waals surface area contributed by atoms with Crippen molar-refractivity contribution in [2.75, 3.05) is 13.7 Å². The maximum Gasteiger partial charge on any atom is 0.332 e. The number of hydrogen-bond donors (Lipinski definition) is 1. The number of benzene rings is 1. The number of nitrogens with zero attached hydrogens (tertiary/aromatic N) is 4. The van der Waals surface area contributed by atoms with Gasteiger partial charge in [0, 0.05) is 24.5 Å². The minimum absolute atomic E-state index is 0.0279. The highest BCUT2D eigenvalue weighted by molar-refractivity contribution is 6.07. The number of methoxy groups -OCH3 is 1. The summed E-state index contributed by atoms with van der Waals surface area (Å²) >= 11 is 0.